The summed E-state index contributed by atoms with van der Waals surface area (Å²) in [6.07, 6.45) is 2.55. The van der Waals surface area contributed by atoms with Crippen molar-refractivity contribution < 1.29 is 0 Å². The molecule has 0 saturated carbocycles. The lowest BCUT2D eigenvalue weighted by atomic mass is 10.1. The van der Waals surface area contributed by atoms with Crippen LogP contribution in [0.5, 0.6) is 0 Å². The van der Waals surface area contributed by atoms with E-state index < -0.39 is 0 Å². The molecule has 1 aliphatic heterocycles. The number of nitrogens with zero attached hydrogens (tertiary/aromatic N) is 2. The zero-order chi connectivity index (χ0) is 7.84. The lowest BCUT2D eigenvalue weighted by Crippen LogP contribution is -1.97. The van der Waals surface area contributed by atoms with Crippen LogP contribution in [0.3, 0.4) is 0 Å². The van der Waals surface area contributed by atoms with Gasteiger partial charge in [-0.25, -0.2) is 4.98 Å². The Labute approximate surface area is 65.0 Å². The lowest BCUT2D eigenvalue weighted by molar-refractivity contribution is 1.26. The molecule has 2 heterocycles. The molecule has 0 fully saturated rings. The van der Waals surface area contributed by atoms with Gasteiger partial charge in [0.05, 0.1) is 5.69 Å². The second-order valence-electron chi connectivity index (χ2n) is 2.72. The maximum Gasteiger partial charge on any atom is 0.129 e. The molecule has 11 heavy (non-hydrogen) atoms. The SMILES string of the molecule is CC1=Nc2ccnc(N)c2C1. The van der Waals surface area contributed by atoms with Gasteiger partial charge in [0.25, 0.3) is 0 Å². The summed E-state index contributed by atoms with van der Waals surface area (Å²) in [4.78, 5) is 8.30. The fourth-order valence-electron chi connectivity index (χ4n) is 1.28. The molecule has 56 valence electrons. The molecule has 2 N–H and O–H groups in total. The Balaban J connectivity index is 2.59. The van der Waals surface area contributed by atoms with Crippen LogP contribution in [0, 0.1) is 0 Å². The monoisotopic (exact) mass is 147 g/mol. The lowest BCUT2D eigenvalue weighted by Gasteiger charge is -1.98. The van der Waals surface area contributed by atoms with E-state index in [0.717, 1.165) is 23.4 Å². The van der Waals surface area contributed by atoms with Crippen molar-refractivity contribution in [3.8, 4) is 0 Å². The minimum Gasteiger partial charge on any atom is -0.383 e. The van der Waals surface area contributed by atoms with E-state index in [-0.39, 0.29) is 0 Å². The number of hydrogen-bond acceptors (Lipinski definition) is 3. The molecule has 0 spiro atoms. The summed E-state index contributed by atoms with van der Waals surface area (Å²) in [7, 11) is 0. The number of fused-ring (bicyclic) bond motifs is 1. The molecule has 0 bridgehead atoms. The molecule has 0 aliphatic carbocycles. The Morgan fingerprint density at radius 1 is 1.55 bits per heavy atom. The predicted molar refractivity (Wildman–Crippen MR) is 45.1 cm³/mol. The quantitative estimate of drug-likeness (QED) is 0.601. The van der Waals surface area contributed by atoms with Crippen LogP contribution >= 0.6 is 0 Å². The Hall–Kier alpha value is -1.38. The van der Waals surface area contributed by atoms with Gasteiger partial charge in [0.1, 0.15) is 5.82 Å². The Bertz CT molecular complexity index is 328. The number of aromatic nitrogens is 1. The van der Waals surface area contributed by atoms with Gasteiger partial charge in [-0.3, -0.25) is 4.99 Å². The van der Waals surface area contributed by atoms with Crippen LogP contribution < -0.4 is 5.73 Å². The third-order valence-electron chi connectivity index (χ3n) is 1.81. The molecule has 0 unspecified atom stereocenters. The highest BCUT2D eigenvalue weighted by Gasteiger charge is 2.13. The number of pyridine rings is 1. The highest BCUT2D eigenvalue weighted by Crippen LogP contribution is 2.28. The third-order valence-corrected chi connectivity index (χ3v) is 1.81. The summed E-state index contributed by atoms with van der Waals surface area (Å²) in [6.45, 7) is 2.00. The first-order chi connectivity index (χ1) is 5.27. The first-order valence-electron chi connectivity index (χ1n) is 3.55. The number of aliphatic imine (C=N–C) groups is 1. The maximum absolute atomic E-state index is 5.65. The number of rotatable bonds is 0. The fraction of sp³-hybridized carbons (Fsp3) is 0.250. The molecule has 0 saturated heterocycles. The van der Waals surface area contributed by atoms with Gasteiger partial charge in [0.15, 0.2) is 0 Å². The first-order valence-corrected chi connectivity index (χ1v) is 3.55. The van der Waals surface area contributed by atoms with Gasteiger partial charge in [-0.2, -0.15) is 0 Å². The standard InChI is InChI=1S/C8H9N3/c1-5-4-6-7(11-5)2-3-10-8(6)9/h2-3H,4H2,1H3,(H2,9,10). The first kappa shape index (κ1) is 6.34. The fourth-order valence-corrected chi connectivity index (χ4v) is 1.28. The average molecular weight is 147 g/mol. The summed E-state index contributed by atoms with van der Waals surface area (Å²) >= 11 is 0. The van der Waals surface area contributed by atoms with Crippen LogP contribution in [0.2, 0.25) is 0 Å². The molecule has 3 heteroatoms. The smallest absolute Gasteiger partial charge is 0.129 e. The zero-order valence-electron chi connectivity index (χ0n) is 6.33. The Morgan fingerprint density at radius 3 is 3.09 bits per heavy atom. The van der Waals surface area contributed by atoms with Crippen LogP contribution in [-0.4, -0.2) is 10.7 Å². The van der Waals surface area contributed by atoms with Crippen molar-refractivity contribution in [1.29, 1.82) is 0 Å². The third kappa shape index (κ3) is 0.888. The van der Waals surface area contributed by atoms with Gasteiger partial charge in [0, 0.05) is 23.9 Å². The van der Waals surface area contributed by atoms with E-state index in [9.17, 15) is 0 Å². The van der Waals surface area contributed by atoms with Gasteiger partial charge < -0.3 is 5.73 Å². The number of nitrogen functional groups attached to an aromatic ring is 1. The average Bonchev–Trinajstić information content (AvgIpc) is 2.31. The van der Waals surface area contributed by atoms with Gasteiger partial charge >= 0.3 is 0 Å². The van der Waals surface area contributed by atoms with Crippen molar-refractivity contribution in [3.05, 3.63) is 17.8 Å². The summed E-state index contributed by atoms with van der Waals surface area (Å²) in [5.74, 6) is 0.614. The van der Waals surface area contributed by atoms with Crippen LogP contribution in [0.25, 0.3) is 0 Å². The summed E-state index contributed by atoms with van der Waals surface area (Å²) in [6, 6.07) is 1.89. The van der Waals surface area contributed by atoms with Crippen LogP contribution in [0.1, 0.15) is 12.5 Å². The Kier molecular flexibility index (Phi) is 1.18. The van der Waals surface area contributed by atoms with Crippen molar-refractivity contribution in [3.63, 3.8) is 0 Å². The number of anilines is 1. The van der Waals surface area contributed by atoms with Crippen LogP contribution in [0.4, 0.5) is 11.5 Å². The molecule has 0 atom stereocenters. The van der Waals surface area contributed by atoms with Crippen LogP contribution in [0.15, 0.2) is 17.3 Å². The molecular weight excluding hydrogens is 138 g/mol. The minimum atomic E-state index is 0.614. The second-order valence-corrected chi connectivity index (χ2v) is 2.72. The summed E-state index contributed by atoms with van der Waals surface area (Å²) in [5, 5.41) is 0. The van der Waals surface area contributed by atoms with Crippen LogP contribution in [-0.2, 0) is 6.42 Å². The van der Waals surface area contributed by atoms with Gasteiger partial charge in [-0.1, -0.05) is 0 Å². The molecule has 2 rings (SSSR count). The molecular formula is C8H9N3. The van der Waals surface area contributed by atoms with Gasteiger partial charge in [0.2, 0.25) is 0 Å². The maximum atomic E-state index is 5.65. The van der Waals surface area contributed by atoms with E-state index in [1.165, 1.54) is 0 Å². The number of hydrogen-bond donors (Lipinski definition) is 1. The number of nitrogens with two attached hydrogens (primary N) is 1. The normalized spacial score (nSPS) is 14.5. The van der Waals surface area contributed by atoms with E-state index >= 15 is 0 Å². The van der Waals surface area contributed by atoms with Crippen molar-refractivity contribution in [2.24, 2.45) is 4.99 Å². The largest absolute Gasteiger partial charge is 0.383 e. The second kappa shape index (κ2) is 2.05. The van der Waals surface area contributed by atoms with Gasteiger partial charge in [-0.15, -0.1) is 0 Å². The predicted octanol–water partition coefficient (Wildman–Crippen LogP) is 1.31. The molecule has 1 aliphatic rings. The van der Waals surface area contributed by atoms with Crippen molar-refractivity contribution >= 4 is 17.2 Å². The molecule has 0 aromatic carbocycles. The topological polar surface area (TPSA) is 51.3 Å². The van der Waals surface area contributed by atoms with E-state index in [4.69, 9.17) is 5.73 Å². The zero-order valence-corrected chi connectivity index (χ0v) is 6.33. The highest BCUT2D eigenvalue weighted by molar-refractivity contribution is 5.93. The van der Waals surface area contributed by atoms with Crippen molar-refractivity contribution in [2.75, 3.05) is 5.73 Å². The van der Waals surface area contributed by atoms with E-state index in [0.29, 0.717) is 5.82 Å². The van der Waals surface area contributed by atoms with E-state index in [1.807, 2.05) is 13.0 Å². The highest BCUT2D eigenvalue weighted by atomic mass is 14.9. The summed E-state index contributed by atoms with van der Waals surface area (Å²) < 4.78 is 0. The molecule has 3 nitrogen and oxygen atoms in total. The van der Waals surface area contributed by atoms with Crippen molar-refractivity contribution in [2.45, 2.75) is 13.3 Å². The molecule has 1 aromatic heterocycles. The molecule has 1 aromatic rings. The van der Waals surface area contributed by atoms with E-state index in [1.54, 1.807) is 6.20 Å². The van der Waals surface area contributed by atoms with Gasteiger partial charge in [-0.05, 0) is 13.0 Å². The molecule has 0 amide bonds. The molecule has 0 radical (unpaired) electrons. The Morgan fingerprint density at radius 2 is 2.36 bits per heavy atom. The van der Waals surface area contributed by atoms with Crippen molar-refractivity contribution in [1.82, 2.24) is 4.98 Å². The summed E-state index contributed by atoms with van der Waals surface area (Å²) in [5.41, 5.74) is 8.82. The minimum absolute atomic E-state index is 0.614. The van der Waals surface area contributed by atoms with E-state index in [2.05, 4.69) is 9.98 Å².